The van der Waals surface area contributed by atoms with Gasteiger partial charge in [-0.05, 0) is 54.7 Å². The van der Waals surface area contributed by atoms with Crippen LogP contribution in [-0.2, 0) is 17.1 Å². The van der Waals surface area contributed by atoms with E-state index in [9.17, 15) is 35.5 Å². The van der Waals surface area contributed by atoms with E-state index < -0.39 is 52.6 Å². The Kier molecular flexibility index (Phi) is 7.23. The van der Waals surface area contributed by atoms with Gasteiger partial charge in [-0.3, -0.25) is 15.6 Å². The van der Waals surface area contributed by atoms with E-state index in [1.807, 2.05) is 0 Å². The molecule has 0 bridgehead atoms. The van der Waals surface area contributed by atoms with Crippen molar-refractivity contribution in [1.29, 1.82) is 0 Å². The average Bonchev–Trinajstić information content (AvgIpc) is 3.27. The molecule has 0 aliphatic carbocycles. The van der Waals surface area contributed by atoms with Gasteiger partial charge >= 0.3 is 12.4 Å². The smallest absolute Gasteiger partial charge is 0.329 e. The van der Waals surface area contributed by atoms with Crippen LogP contribution in [0, 0.1) is 5.82 Å². The van der Waals surface area contributed by atoms with Crippen LogP contribution >= 0.6 is 12.2 Å². The Balaban J connectivity index is 1.72. The monoisotopic (exact) mass is 521 g/mol. The number of thiocarbonyl (C=S) groups is 1. The third kappa shape index (κ3) is 6.40. The summed E-state index contributed by atoms with van der Waals surface area (Å²) < 4.78 is 92.1. The zero-order valence-corrected chi connectivity index (χ0v) is 18.2. The molecule has 1 unspecified atom stereocenters. The van der Waals surface area contributed by atoms with Crippen molar-refractivity contribution < 1.29 is 35.5 Å². The molecule has 3 N–H and O–H groups in total. The number of rotatable bonds is 4. The van der Waals surface area contributed by atoms with Crippen LogP contribution in [0.5, 0.6) is 0 Å². The average molecular weight is 521 g/mol. The quantitative estimate of drug-likeness (QED) is 0.270. The van der Waals surface area contributed by atoms with Gasteiger partial charge in [0.2, 0.25) is 5.82 Å². The normalized spacial score (nSPS) is 12.7. The predicted molar refractivity (Wildman–Crippen MR) is 112 cm³/mol. The van der Waals surface area contributed by atoms with Crippen LogP contribution in [0.3, 0.4) is 0 Å². The van der Waals surface area contributed by atoms with E-state index in [-0.39, 0.29) is 16.9 Å². The molecule has 0 aliphatic heterocycles. The first kappa shape index (κ1) is 25.8. The summed E-state index contributed by atoms with van der Waals surface area (Å²) in [4.78, 5) is 13.0. The zero-order valence-electron chi connectivity index (χ0n) is 17.4. The van der Waals surface area contributed by atoms with E-state index in [1.165, 1.54) is 25.1 Å². The topological polar surface area (TPSA) is 96.8 Å². The summed E-state index contributed by atoms with van der Waals surface area (Å²) in [5, 5.41) is 13.0. The Morgan fingerprint density at radius 3 is 2.17 bits per heavy atom. The van der Waals surface area contributed by atoms with Crippen LogP contribution in [0.4, 0.5) is 36.4 Å². The van der Waals surface area contributed by atoms with Crippen molar-refractivity contribution in [3.05, 3.63) is 59.4 Å². The van der Waals surface area contributed by atoms with Crippen molar-refractivity contribution in [3.63, 3.8) is 0 Å². The Bertz CT molecular complexity index is 1210. The standard InChI is InChI=1S/C19H14F7N7OS/c1-9(16(34)29-30-17(35)27-14-5-3-2-4-13(14)20)33-31-15(28-32-33)10-6-11(18(21,22)23)8-12(7-10)19(24,25)26/h2-9H,1H3,(H,29,34)(H2,27,30,35). The minimum Gasteiger partial charge on any atom is -0.329 e. The second kappa shape index (κ2) is 9.81. The van der Waals surface area contributed by atoms with Gasteiger partial charge in [-0.15, -0.1) is 10.2 Å². The maximum Gasteiger partial charge on any atom is 0.416 e. The highest BCUT2D eigenvalue weighted by molar-refractivity contribution is 7.80. The predicted octanol–water partition coefficient (Wildman–Crippen LogP) is 4.10. The fraction of sp³-hybridized carbons (Fsp3) is 0.211. The lowest BCUT2D eigenvalue weighted by molar-refractivity contribution is -0.143. The lowest BCUT2D eigenvalue weighted by Gasteiger charge is -2.14. The van der Waals surface area contributed by atoms with Crippen molar-refractivity contribution in [2.75, 3.05) is 5.32 Å². The third-order valence-corrected chi connectivity index (χ3v) is 4.63. The molecule has 1 atom stereocenters. The number of alkyl halides is 6. The summed E-state index contributed by atoms with van der Waals surface area (Å²) in [5.41, 5.74) is 0.832. The van der Waals surface area contributed by atoms with Crippen molar-refractivity contribution in [2.45, 2.75) is 25.3 Å². The summed E-state index contributed by atoms with van der Waals surface area (Å²) in [6.45, 7) is 1.28. The van der Waals surface area contributed by atoms with E-state index in [4.69, 9.17) is 12.2 Å². The molecule has 0 saturated heterocycles. The minimum absolute atomic E-state index is 0.0338. The number of tetrazole rings is 1. The zero-order chi connectivity index (χ0) is 26.0. The maximum atomic E-state index is 13.6. The van der Waals surface area contributed by atoms with Gasteiger partial charge < -0.3 is 5.32 Å². The Morgan fingerprint density at radius 1 is 1.00 bits per heavy atom. The highest BCUT2D eigenvalue weighted by Gasteiger charge is 2.37. The van der Waals surface area contributed by atoms with Gasteiger partial charge in [0, 0.05) is 5.56 Å². The number of para-hydroxylation sites is 1. The SMILES string of the molecule is CC(C(=O)NNC(=S)Nc1ccccc1F)n1nnc(-c2cc(C(F)(F)F)cc(C(F)(F)F)c2)n1. The molecule has 1 heterocycles. The number of nitrogens with one attached hydrogen (secondary N) is 3. The molecule has 35 heavy (non-hydrogen) atoms. The molecule has 0 spiro atoms. The number of carbonyl (C=O) groups is 1. The van der Waals surface area contributed by atoms with Crippen molar-refractivity contribution in [2.24, 2.45) is 0 Å². The van der Waals surface area contributed by atoms with Gasteiger partial charge in [0.25, 0.3) is 5.91 Å². The molecule has 16 heteroatoms. The lowest BCUT2D eigenvalue weighted by Crippen LogP contribution is -2.46. The van der Waals surface area contributed by atoms with Gasteiger partial charge in [0.05, 0.1) is 16.8 Å². The summed E-state index contributed by atoms with van der Waals surface area (Å²) in [6, 6.07) is 5.22. The maximum absolute atomic E-state index is 13.6. The molecule has 0 radical (unpaired) electrons. The number of hydrogen-bond donors (Lipinski definition) is 3. The Morgan fingerprint density at radius 2 is 1.60 bits per heavy atom. The van der Waals surface area contributed by atoms with Crippen molar-refractivity contribution in [1.82, 2.24) is 31.1 Å². The molecule has 0 saturated carbocycles. The van der Waals surface area contributed by atoms with E-state index in [1.54, 1.807) is 6.07 Å². The van der Waals surface area contributed by atoms with Crippen LogP contribution in [0.2, 0.25) is 0 Å². The summed E-state index contributed by atoms with van der Waals surface area (Å²) >= 11 is 4.93. The number of halogens is 7. The third-order valence-electron chi connectivity index (χ3n) is 4.42. The van der Waals surface area contributed by atoms with Crippen LogP contribution in [0.1, 0.15) is 24.1 Å². The molecule has 8 nitrogen and oxygen atoms in total. The molecule has 186 valence electrons. The molecule has 0 aliphatic rings. The number of benzene rings is 2. The summed E-state index contributed by atoms with van der Waals surface area (Å²) in [7, 11) is 0. The first-order valence-corrected chi connectivity index (χ1v) is 9.87. The number of amides is 1. The van der Waals surface area contributed by atoms with Crippen LogP contribution in [0.25, 0.3) is 11.4 Å². The van der Waals surface area contributed by atoms with E-state index in [0.29, 0.717) is 16.9 Å². The molecule has 1 amide bonds. The number of anilines is 1. The van der Waals surface area contributed by atoms with E-state index in [2.05, 4.69) is 31.6 Å². The van der Waals surface area contributed by atoms with Gasteiger partial charge in [-0.1, -0.05) is 12.1 Å². The van der Waals surface area contributed by atoms with Gasteiger partial charge in [-0.2, -0.15) is 31.1 Å². The highest BCUT2D eigenvalue weighted by atomic mass is 32.1. The van der Waals surface area contributed by atoms with Crippen LogP contribution in [-0.4, -0.2) is 31.2 Å². The first-order valence-electron chi connectivity index (χ1n) is 9.46. The number of hydrogen-bond acceptors (Lipinski definition) is 5. The van der Waals surface area contributed by atoms with Gasteiger partial charge in [0.15, 0.2) is 11.2 Å². The fourth-order valence-corrected chi connectivity index (χ4v) is 2.79. The summed E-state index contributed by atoms with van der Waals surface area (Å²) in [5.74, 6) is -1.96. The van der Waals surface area contributed by atoms with Crippen LogP contribution in [0.15, 0.2) is 42.5 Å². The first-order chi connectivity index (χ1) is 16.3. The van der Waals surface area contributed by atoms with Crippen LogP contribution < -0.4 is 16.2 Å². The highest BCUT2D eigenvalue weighted by Crippen LogP contribution is 2.38. The fourth-order valence-electron chi connectivity index (χ4n) is 2.63. The molecule has 1 aromatic heterocycles. The van der Waals surface area contributed by atoms with Crippen molar-refractivity contribution in [3.8, 4) is 11.4 Å². The number of nitrogens with zero attached hydrogens (tertiary/aromatic N) is 4. The number of aromatic nitrogens is 4. The van der Waals surface area contributed by atoms with Crippen molar-refractivity contribution >= 4 is 28.9 Å². The molecular formula is C19H14F7N7OS. The van der Waals surface area contributed by atoms with Gasteiger partial charge in [0.1, 0.15) is 5.82 Å². The molecular weight excluding hydrogens is 507 g/mol. The second-order valence-corrected chi connectivity index (χ2v) is 7.36. The molecule has 3 rings (SSSR count). The molecule has 0 fully saturated rings. The molecule has 3 aromatic rings. The Labute approximate surface area is 197 Å². The largest absolute Gasteiger partial charge is 0.416 e. The minimum atomic E-state index is -5.06. The molecule has 2 aromatic carbocycles. The number of hydrazine groups is 1. The summed E-state index contributed by atoms with van der Waals surface area (Å²) in [6.07, 6.45) is -10.1. The lowest BCUT2D eigenvalue weighted by atomic mass is 10.0. The Hall–Kier alpha value is -3.82. The van der Waals surface area contributed by atoms with E-state index in [0.717, 1.165) is 0 Å². The number of carbonyl (C=O) groups excluding carboxylic acids is 1. The van der Waals surface area contributed by atoms with Gasteiger partial charge in [-0.25, -0.2) is 4.39 Å². The second-order valence-electron chi connectivity index (χ2n) is 6.95. The van der Waals surface area contributed by atoms with E-state index >= 15 is 0 Å².